The normalized spacial score (nSPS) is 14.5. The van der Waals surface area contributed by atoms with Gasteiger partial charge in [0.25, 0.3) is 11.8 Å². The van der Waals surface area contributed by atoms with Gasteiger partial charge in [-0.15, -0.1) is 9.35 Å². The first-order valence-corrected chi connectivity index (χ1v) is 11.9. The molecule has 2 amide bonds. The van der Waals surface area contributed by atoms with Gasteiger partial charge in [0.15, 0.2) is 6.10 Å². The van der Waals surface area contributed by atoms with Crippen LogP contribution in [0.15, 0.2) is 30.3 Å². The number of hydrogen-bond donors (Lipinski definition) is 0. The predicted octanol–water partition coefficient (Wildman–Crippen LogP) is 4.08. The van der Waals surface area contributed by atoms with E-state index in [2.05, 4.69) is 16.1 Å². The van der Waals surface area contributed by atoms with Crippen LogP contribution in [0.3, 0.4) is 0 Å². The van der Waals surface area contributed by atoms with Crippen molar-refractivity contribution < 1.29 is 45.0 Å². The Balaban J connectivity index is 2.03. The first-order valence-electron chi connectivity index (χ1n) is 10.5. The number of rotatable bonds is 7. The van der Waals surface area contributed by atoms with Gasteiger partial charge in [0, 0.05) is 17.9 Å². The van der Waals surface area contributed by atoms with Gasteiger partial charge in [-0.2, -0.15) is 21.6 Å². The van der Waals surface area contributed by atoms with Gasteiger partial charge in [-0.3, -0.25) is 14.4 Å². The zero-order chi connectivity index (χ0) is 26.0. The summed E-state index contributed by atoms with van der Waals surface area (Å²) in [5, 5.41) is 0.00618. The number of unbranched alkanes of at least 4 members (excludes halogenated alkanes) is 2. The van der Waals surface area contributed by atoms with Gasteiger partial charge in [-0.25, -0.2) is 0 Å². The molecule has 0 spiro atoms. The summed E-state index contributed by atoms with van der Waals surface area (Å²) in [7, 11) is -6.26. The molecule has 0 saturated carbocycles. The first-order chi connectivity index (χ1) is 16.4. The average molecular weight is 511 g/mol. The van der Waals surface area contributed by atoms with Crippen LogP contribution in [0.2, 0.25) is 0 Å². The lowest BCUT2D eigenvalue weighted by atomic mass is 9.92. The number of alkyl halides is 3. The van der Waals surface area contributed by atoms with Gasteiger partial charge in [0.1, 0.15) is 0 Å². The minimum Gasteiger partial charge on any atom is -0.449 e. The Hall–Kier alpha value is -3.43. The number of halogens is 3. The third-order valence-corrected chi connectivity index (χ3v) is 5.98. The Morgan fingerprint density at radius 1 is 1.09 bits per heavy atom. The summed E-state index contributed by atoms with van der Waals surface area (Å²) in [6.45, 7) is 3.29. The summed E-state index contributed by atoms with van der Waals surface area (Å²) in [6.07, 6.45) is 2.50. The Labute approximate surface area is 199 Å². The first kappa shape index (κ1) is 26.2. The van der Waals surface area contributed by atoms with Crippen LogP contribution in [-0.4, -0.2) is 42.9 Å². The number of hydrogen-bond acceptors (Lipinski definition) is 7. The summed E-state index contributed by atoms with van der Waals surface area (Å²) in [5.41, 5.74) is -5.94. The van der Waals surface area contributed by atoms with Crippen molar-refractivity contribution in [3.05, 3.63) is 47.0 Å². The number of esters is 1. The monoisotopic (exact) mass is 511 g/mol. The van der Waals surface area contributed by atoms with Gasteiger partial charge >= 0.3 is 21.6 Å². The van der Waals surface area contributed by atoms with Crippen LogP contribution in [0.25, 0.3) is 10.8 Å². The molecule has 0 fully saturated rings. The molecule has 0 saturated heterocycles. The molecule has 0 N–H and O–H groups in total. The maximum Gasteiger partial charge on any atom is 0.525 e. The molecule has 0 aromatic heterocycles. The van der Waals surface area contributed by atoms with Crippen molar-refractivity contribution in [3.63, 3.8) is 0 Å². The van der Waals surface area contributed by atoms with E-state index < -0.39 is 44.6 Å². The molecule has 186 valence electrons. The average Bonchev–Trinajstić information content (AvgIpc) is 2.77. The van der Waals surface area contributed by atoms with E-state index in [0.717, 1.165) is 19.3 Å². The van der Waals surface area contributed by atoms with E-state index in [1.54, 1.807) is 6.07 Å². The molecule has 1 aliphatic rings. The third-order valence-electron chi connectivity index (χ3n) is 5.07. The summed E-state index contributed by atoms with van der Waals surface area (Å²) in [4.78, 5) is 36.9. The van der Waals surface area contributed by atoms with Crippen molar-refractivity contribution in [1.82, 2.24) is 5.06 Å². The molecule has 0 aliphatic carbocycles. The molecular formula is C23H20F3NO7S. The molecule has 1 unspecified atom stereocenters. The summed E-state index contributed by atoms with van der Waals surface area (Å²) < 4.78 is 70.1. The smallest absolute Gasteiger partial charge is 0.449 e. The maximum absolute atomic E-state index is 12.7. The highest BCUT2D eigenvalue weighted by Gasteiger charge is 2.51. The number of carbonyl (C=O) groups excluding carboxylic acids is 3. The molecule has 2 aromatic rings. The Morgan fingerprint density at radius 3 is 2.34 bits per heavy atom. The van der Waals surface area contributed by atoms with E-state index in [1.165, 1.54) is 31.2 Å². The van der Waals surface area contributed by atoms with Gasteiger partial charge in [0.2, 0.25) is 0 Å². The Bertz CT molecular complexity index is 1330. The number of amides is 2. The van der Waals surface area contributed by atoms with E-state index in [0.29, 0.717) is 17.4 Å². The summed E-state index contributed by atoms with van der Waals surface area (Å²) >= 11 is 0. The molecule has 35 heavy (non-hydrogen) atoms. The number of ether oxygens (including phenoxy) is 1. The number of imide groups is 1. The van der Waals surface area contributed by atoms with E-state index >= 15 is 0 Å². The Morgan fingerprint density at radius 2 is 1.74 bits per heavy atom. The topological polar surface area (TPSA) is 107 Å². The van der Waals surface area contributed by atoms with Gasteiger partial charge in [-0.1, -0.05) is 43.7 Å². The molecule has 0 radical (unpaired) electrons. The fourth-order valence-corrected chi connectivity index (χ4v) is 3.91. The van der Waals surface area contributed by atoms with Crippen molar-refractivity contribution in [3.8, 4) is 11.8 Å². The highest BCUT2D eigenvalue weighted by atomic mass is 32.2. The number of carbonyl (C=O) groups is 3. The zero-order valence-electron chi connectivity index (χ0n) is 18.6. The molecule has 0 bridgehead atoms. The van der Waals surface area contributed by atoms with Crippen LogP contribution in [0.1, 0.15) is 65.8 Å². The Kier molecular flexibility index (Phi) is 7.52. The second-order valence-electron chi connectivity index (χ2n) is 7.63. The predicted molar refractivity (Wildman–Crippen MR) is 117 cm³/mol. The molecular weight excluding hydrogens is 491 g/mol. The van der Waals surface area contributed by atoms with Crippen LogP contribution in [0, 0.1) is 11.8 Å². The fourth-order valence-electron chi connectivity index (χ4n) is 3.49. The van der Waals surface area contributed by atoms with Crippen molar-refractivity contribution in [2.45, 2.75) is 51.1 Å². The second kappa shape index (κ2) is 10.1. The molecule has 8 nitrogen and oxygen atoms in total. The lowest BCUT2D eigenvalue weighted by molar-refractivity contribution is -0.144. The van der Waals surface area contributed by atoms with Gasteiger partial charge in [0.05, 0.1) is 11.1 Å². The van der Waals surface area contributed by atoms with Gasteiger partial charge in [-0.05, 0) is 36.4 Å². The van der Waals surface area contributed by atoms with Crippen molar-refractivity contribution in [1.29, 1.82) is 0 Å². The molecule has 1 aliphatic heterocycles. The van der Waals surface area contributed by atoms with E-state index in [-0.39, 0.29) is 16.5 Å². The SMILES string of the molecule is CCCCCC(C#Cc1ccc2c3c(cccc13)C(=O)N(OS(=O)(=O)C(F)(F)F)C2=O)OC(C)=O. The third kappa shape index (κ3) is 5.47. The number of hydroxylamine groups is 2. The van der Waals surface area contributed by atoms with Crippen molar-refractivity contribution in [2.24, 2.45) is 0 Å². The molecule has 1 heterocycles. The lowest BCUT2D eigenvalue weighted by Crippen LogP contribution is -2.44. The quantitative estimate of drug-likeness (QED) is 0.181. The van der Waals surface area contributed by atoms with Gasteiger partial charge < -0.3 is 4.74 Å². The molecule has 2 aromatic carbocycles. The lowest BCUT2D eigenvalue weighted by Gasteiger charge is -2.25. The van der Waals surface area contributed by atoms with Crippen LogP contribution in [0.4, 0.5) is 13.2 Å². The fraction of sp³-hybridized carbons (Fsp3) is 0.348. The number of benzene rings is 2. The molecule has 3 rings (SSSR count). The minimum absolute atomic E-state index is 0.0913. The zero-order valence-corrected chi connectivity index (χ0v) is 19.5. The van der Waals surface area contributed by atoms with E-state index in [4.69, 9.17) is 4.74 Å². The minimum atomic E-state index is -6.26. The van der Waals surface area contributed by atoms with Crippen LogP contribution < -0.4 is 0 Å². The maximum atomic E-state index is 12.7. The van der Waals surface area contributed by atoms with Crippen LogP contribution in [-0.2, 0) is 23.9 Å². The largest absolute Gasteiger partial charge is 0.525 e. The van der Waals surface area contributed by atoms with E-state index in [1.807, 2.05) is 6.92 Å². The highest BCUT2D eigenvalue weighted by Crippen LogP contribution is 2.34. The molecule has 1 atom stereocenters. The summed E-state index contributed by atoms with van der Waals surface area (Å²) in [5.74, 6) is 2.51. The standard InChI is InChI=1S/C23H20F3NO7S/c1-3-4-5-7-16(33-14(2)28)12-10-15-11-13-19-20-17(15)8-6-9-18(20)21(29)27(22(19)30)34-35(31,32)23(24,25)26/h6,8-9,11,13,16H,3-5,7H2,1-2H3. The second-order valence-corrected chi connectivity index (χ2v) is 9.15. The molecule has 12 heteroatoms. The number of nitrogens with zero attached hydrogens (tertiary/aromatic N) is 1. The van der Waals surface area contributed by atoms with Crippen LogP contribution in [0.5, 0.6) is 0 Å². The van der Waals surface area contributed by atoms with Crippen LogP contribution >= 0.6 is 0 Å². The highest BCUT2D eigenvalue weighted by molar-refractivity contribution is 7.87. The van der Waals surface area contributed by atoms with Crippen molar-refractivity contribution >= 4 is 38.7 Å². The van der Waals surface area contributed by atoms with Crippen molar-refractivity contribution in [2.75, 3.05) is 0 Å². The van der Waals surface area contributed by atoms with E-state index in [9.17, 15) is 36.0 Å². The summed E-state index contributed by atoms with van der Waals surface area (Å²) in [6, 6.07) is 6.78.